The largest absolute Gasteiger partial charge is 0.441 e. The lowest BCUT2D eigenvalue weighted by Gasteiger charge is -2.37. The van der Waals surface area contributed by atoms with Crippen molar-refractivity contribution in [2.75, 3.05) is 19.6 Å². The topological polar surface area (TPSA) is 93.5 Å². The van der Waals surface area contributed by atoms with Gasteiger partial charge in [0.2, 0.25) is 5.91 Å². The highest BCUT2D eigenvalue weighted by Crippen LogP contribution is 2.29. The van der Waals surface area contributed by atoms with Crippen LogP contribution in [0.2, 0.25) is 0 Å². The standard InChI is InChI=1S/C19H22N4O4/c24-16(22-10-7-19(8-11-22)12-20-18(26)27-19)6-3-9-23-13-21-15-5-2-1-4-14(15)17(23)25/h1-2,4-5,13H,3,6-12H2,(H,20,26). The van der Waals surface area contributed by atoms with Crippen LogP contribution in [0.25, 0.3) is 10.9 Å². The first kappa shape index (κ1) is 17.5. The fourth-order valence-corrected chi connectivity index (χ4v) is 3.77. The van der Waals surface area contributed by atoms with Gasteiger partial charge < -0.3 is 15.0 Å². The van der Waals surface area contributed by atoms with Crippen LogP contribution < -0.4 is 10.9 Å². The van der Waals surface area contributed by atoms with E-state index in [2.05, 4.69) is 10.3 Å². The van der Waals surface area contributed by atoms with Crippen LogP contribution in [0.1, 0.15) is 25.7 Å². The predicted octanol–water partition coefficient (Wildman–Crippen LogP) is 1.28. The first-order valence-electron chi connectivity index (χ1n) is 9.25. The van der Waals surface area contributed by atoms with E-state index in [9.17, 15) is 14.4 Å². The van der Waals surface area contributed by atoms with Crippen LogP contribution in [-0.4, -0.2) is 51.7 Å². The minimum Gasteiger partial charge on any atom is -0.441 e. The molecule has 0 radical (unpaired) electrons. The zero-order valence-electron chi connectivity index (χ0n) is 15.0. The summed E-state index contributed by atoms with van der Waals surface area (Å²) < 4.78 is 6.93. The summed E-state index contributed by atoms with van der Waals surface area (Å²) in [4.78, 5) is 42.3. The number of nitrogens with zero attached hydrogens (tertiary/aromatic N) is 3. The van der Waals surface area contributed by atoms with Crippen LogP contribution in [0.4, 0.5) is 4.79 Å². The van der Waals surface area contributed by atoms with Gasteiger partial charge in [0, 0.05) is 38.9 Å². The number of para-hydroxylation sites is 1. The summed E-state index contributed by atoms with van der Waals surface area (Å²) in [5, 5.41) is 3.28. The molecule has 142 valence electrons. The number of carbonyl (C=O) groups excluding carboxylic acids is 2. The van der Waals surface area contributed by atoms with E-state index < -0.39 is 5.60 Å². The van der Waals surface area contributed by atoms with Gasteiger partial charge in [0.15, 0.2) is 0 Å². The maximum Gasteiger partial charge on any atom is 0.407 e. The molecule has 2 amide bonds. The number of piperidine rings is 1. The maximum absolute atomic E-state index is 12.5. The van der Waals surface area contributed by atoms with Crippen molar-refractivity contribution in [1.82, 2.24) is 19.8 Å². The van der Waals surface area contributed by atoms with Gasteiger partial charge in [-0.05, 0) is 18.6 Å². The van der Waals surface area contributed by atoms with Crippen molar-refractivity contribution in [1.29, 1.82) is 0 Å². The van der Waals surface area contributed by atoms with Gasteiger partial charge in [0.1, 0.15) is 5.60 Å². The van der Waals surface area contributed by atoms with E-state index in [0.29, 0.717) is 62.8 Å². The zero-order valence-corrected chi connectivity index (χ0v) is 15.0. The van der Waals surface area contributed by atoms with E-state index in [0.717, 1.165) is 0 Å². The first-order chi connectivity index (χ1) is 13.1. The minimum absolute atomic E-state index is 0.0731. The molecule has 27 heavy (non-hydrogen) atoms. The third kappa shape index (κ3) is 3.51. The minimum atomic E-state index is -0.446. The summed E-state index contributed by atoms with van der Waals surface area (Å²) in [6, 6.07) is 7.24. The van der Waals surface area contributed by atoms with Crippen molar-refractivity contribution in [3.63, 3.8) is 0 Å². The second-order valence-corrected chi connectivity index (χ2v) is 7.17. The van der Waals surface area contributed by atoms with Gasteiger partial charge in [-0.2, -0.15) is 0 Å². The molecule has 2 aliphatic heterocycles. The number of hydrogen-bond acceptors (Lipinski definition) is 5. The van der Waals surface area contributed by atoms with E-state index in [1.807, 2.05) is 23.1 Å². The van der Waals surface area contributed by atoms with E-state index in [1.165, 1.54) is 0 Å². The van der Waals surface area contributed by atoms with Crippen molar-refractivity contribution in [3.05, 3.63) is 40.9 Å². The number of hydrogen-bond donors (Lipinski definition) is 1. The molecule has 2 aliphatic rings. The average Bonchev–Trinajstić information content (AvgIpc) is 3.04. The van der Waals surface area contributed by atoms with Gasteiger partial charge in [-0.25, -0.2) is 9.78 Å². The summed E-state index contributed by atoms with van der Waals surface area (Å²) >= 11 is 0. The number of alkyl carbamates (subject to hydrolysis) is 1. The highest BCUT2D eigenvalue weighted by Gasteiger charge is 2.43. The Labute approximate surface area is 156 Å². The molecule has 2 fully saturated rings. The summed E-state index contributed by atoms with van der Waals surface area (Å²) in [6.07, 6.45) is 3.45. The van der Waals surface area contributed by atoms with Gasteiger partial charge in [0.05, 0.1) is 23.8 Å². The Hall–Kier alpha value is -2.90. The number of aromatic nitrogens is 2. The van der Waals surface area contributed by atoms with Crippen molar-refractivity contribution in [2.45, 2.75) is 37.8 Å². The van der Waals surface area contributed by atoms with Gasteiger partial charge in [-0.3, -0.25) is 14.2 Å². The Morgan fingerprint density at radius 2 is 2.00 bits per heavy atom. The maximum atomic E-state index is 12.5. The number of benzene rings is 1. The predicted molar refractivity (Wildman–Crippen MR) is 98.3 cm³/mol. The molecule has 0 unspecified atom stereocenters. The second-order valence-electron chi connectivity index (χ2n) is 7.17. The molecule has 0 saturated carbocycles. The van der Waals surface area contributed by atoms with Crippen molar-refractivity contribution < 1.29 is 14.3 Å². The Bertz CT molecular complexity index is 931. The third-order valence-electron chi connectivity index (χ3n) is 5.41. The van der Waals surface area contributed by atoms with Gasteiger partial charge in [-0.15, -0.1) is 0 Å². The molecule has 8 heteroatoms. The summed E-state index contributed by atoms with van der Waals surface area (Å²) in [5.41, 5.74) is 0.153. The van der Waals surface area contributed by atoms with Crippen molar-refractivity contribution in [2.24, 2.45) is 0 Å². The Balaban J connectivity index is 1.30. The van der Waals surface area contributed by atoms with Crippen LogP contribution >= 0.6 is 0 Å². The summed E-state index contributed by atoms with van der Waals surface area (Å²) in [7, 11) is 0. The molecule has 3 heterocycles. The number of aryl methyl sites for hydroxylation is 1. The molecule has 0 aliphatic carbocycles. The highest BCUT2D eigenvalue weighted by atomic mass is 16.6. The molecule has 8 nitrogen and oxygen atoms in total. The van der Waals surface area contributed by atoms with Crippen molar-refractivity contribution in [3.8, 4) is 0 Å². The van der Waals surface area contributed by atoms with Crippen LogP contribution in [0, 0.1) is 0 Å². The molecular weight excluding hydrogens is 348 g/mol. The molecule has 0 atom stereocenters. The molecule has 1 aromatic carbocycles. The van der Waals surface area contributed by atoms with Gasteiger partial charge in [0.25, 0.3) is 5.56 Å². The van der Waals surface area contributed by atoms with Gasteiger partial charge >= 0.3 is 6.09 Å². The number of amides is 2. The van der Waals surface area contributed by atoms with E-state index >= 15 is 0 Å². The lowest BCUT2D eigenvalue weighted by atomic mass is 9.91. The number of rotatable bonds is 4. The van der Waals surface area contributed by atoms with Crippen LogP contribution in [-0.2, 0) is 16.1 Å². The quantitative estimate of drug-likeness (QED) is 0.875. The Morgan fingerprint density at radius 3 is 2.74 bits per heavy atom. The highest BCUT2D eigenvalue weighted by molar-refractivity contribution is 5.77. The number of ether oxygens (including phenoxy) is 1. The summed E-state index contributed by atoms with van der Waals surface area (Å²) in [5.74, 6) is 0.0731. The Morgan fingerprint density at radius 1 is 1.22 bits per heavy atom. The number of likely N-dealkylation sites (tertiary alicyclic amines) is 1. The lowest BCUT2D eigenvalue weighted by Crippen LogP contribution is -2.48. The lowest BCUT2D eigenvalue weighted by molar-refractivity contribution is -0.134. The molecular formula is C19H22N4O4. The normalized spacial score (nSPS) is 18.5. The summed E-state index contributed by atoms with van der Waals surface area (Å²) in [6.45, 7) is 2.16. The number of carbonyl (C=O) groups is 2. The smallest absolute Gasteiger partial charge is 0.407 e. The Kier molecular flexibility index (Phi) is 4.55. The van der Waals surface area contributed by atoms with E-state index in [1.54, 1.807) is 17.0 Å². The third-order valence-corrected chi connectivity index (χ3v) is 5.41. The molecule has 4 rings (SSSR count). The van der Waals surface area contributed by atoms with Crippen LogP contribution in [0.3, 0.4) is 0 Å². The number of nitrogens with one attached hydrogen (secondary N) is 1. The monoisotopic (exact) mass is 370 g/mol. The fraction of sp³-hybridized carbons (Fsp3) is 0.474. The van der Waals surface area contributed by atoms with E-state index in [4.69, 9.17) is 4.74 Å². The van der Waals surface area contributed by atoms with Gasteiger partial charge in [-0.1, -0.05) is 12.1 Å². The molecule has 2 saturated heterocycles. The average molecular weight is 370 g/mol. The molecule has 1 aromatic heterocycles. The zero-order chi connectivity index (χ0) is 18.9. The van der Waals surface area contributed by atoms with E-state index in [-0.39, 0.29) is 17.6 Å². The SMILES string of the molecule is O=C1NCC2(CCN(C(=O)CCCn3cnc4ccccc4c3=O)CC2)O1. The molecule has 2 aromatic rings. The van der Waals surface area contributed by atoms with Crippen molar-refractivity contribution >= 4 is 22.9 Å². The molecule has 0 bridgehead atoms. The first-order valence-corrected chi connectivity index (χ1v) is 9.25. The van der Waals surface area contributed by atoms with Crippen LogP contribution in [0.15, 0.2) is 35.4 Å². The van der Waals surface area contributed by atoms with Crippen LogP contribution in [0.5, 0.6) is 0 Å². The molecule has 1 spiro atoms. The second kappa shape index (κ2) is 7.02. The fourth-order valence-electron chi connectivity index (χ4n) is 3.77. The number of fused-ring (bicyclic) bond motifs is 1. The molecule has 1 N–H and O–H groups in total.